The number of carbonyl (C=O) groups is 2. The summed E-state index contributed by atoms with van der Waals surface area (Å²) in [6, 6.07) is 11.5. The van der Waals surface area contributed by atoms with Crippen molar-refractivity contribution < 1.29 is 19.1 Å². The molecule has 124 valence electrons. The molecule has 0 saturated heterocycles. The van der Waals surface area contributed by atoms with Crippen molar-refractivity contribution in [2.24, 2.45) is 5.41 Å². The summed E-state index contributed by atoms with van der Waals surface area (Å²) in [7, 11) is 0. The maximum Gasteiger partial charge on any atom is 0.335 e. The normalized spacial score (nSPS) is 14.9. The van der Waals surface area contributed by atoms with Gasteiger partial charge in [0.1, 0.15) is 5.82 Å². The summed E-state index contributed by atoms with van der Waals surface area (Å²) in [4.78, 5) is 23.0. The predicted molar refractivity (Wildman–Crippen MR) is 87.6 cm³/mol. The third-order valence-corrected chi connectivity index (χ3v) is 4.49. The molecule has 2 aromatic carbocycles. The molecule has 0 heterocycles. The highest BCUT2D eigenvalue weighted by Gasteiger charge is 2.33. The fraction of sp³-hybridized carbons (Fsp3) is 0.263. The lowest BCUT2D eigenvalue weighted by Crippen LogP contribution is -2.36. The Bertz CT molecular complexity index is 791. The molecule has 2 aromatic rings. The first-order chi connectivity index (χ1) is 11.4. The van der Waals surface area contributed by atoms with Crippen molar-refractivity contribution in [3.8, 4) is 0 Å². The van der Waals surface area contributed by atoms with Gasteiger partial charge in [-0.25, -0.2) is 9.18 Å². The topological polar surface area (TPSA) is 66.4 Å². The number of benzene rings is 2. The van der Waals surface area contributed by atoms with Crippen LogP contribution in [0.2, 0.25) is 0 Å². The molecular weight excluding hydrogens is 309 g/mol. The van der Waals surface area contributed by atoms with Crippen LogP contribution in [0.25, 0.3) is 0 Å². The van der Waals surface area contributed by atoms with Gasteiger partial charge in [0, 0.05) is 6.54 Å². The SMILES string of the molecule is CC1(CNC(=O)c2ccc(C(=O)O)cc2F)Cc2ccccc2C1. The molecule has 0 aromatic heterocycles. The van der Waals surface area contributed by atoms with Crippen LogP contribution in [0.15, 0.2) is 42.5 Å². The van der Waals surface area contributed by atoms with E-state index >= 15 is 0 Å². The summed E-state index contributed by atoms with van der Waals surface area (Å²) < 4.78 is 13.9. The number of amides is 1. The average molecular weight is 327 g/mol. The van der Waals surface area contributed by atoms with Gasteiger partial charge in [-0.2, -0.15) is 0 Å². The van der Waals surface area contributed by atoms with Gasteiger partial charge in [-0.05, 0) is 47.6 Å². The Morgan fingerprint density at radius 1 is 1.17 bits per heavy atom. The highest BCUT2D eigenvalue weighted by molar-refractivity contribution is 5.96. The molecular formula is C19H18FNO3. The molecule has 0 radical (unpaired) electrons. The summed E-state index contributed by atoms with van der Waals surface area (Å²) in [6.45, 7) is 2.53. The van der Waals surface area contributed by atoms with Gasteiger partial charge in [0.25, 0.3) is 5.91 Å². The van der Waals surface area contributed by atoms with E-state index < -0.39 is 17.7 Å². The first kappa shape index (κ1) is 16.2. The lowest BCUT2D eigenvalue weighted by atomic mass is 9.87. The van der Waals surface area contributed by atoms with Crippen molar-refractivity contribution in [2.45, 2.75) is 19.8 Å². The van der Waals surface area contributed by atoms with Crippen molar-refractivity contribution in [1.29, 1.82) is 0 Å². The Hall–Kier alpha value is -2.69. The van der Waals surface area contributed by atoms with E-state index in [0.717, 1.165) is 18.9 Å². The first-order valence-corrected chi connectivity index (χ1v) is 7.76. The van der Waals surface area contributed by atoms with Crippen LogP contribution in [-0.2, 0) is 12.8 Å². The number of carboxylic acid groups (broad SMARTS) is 1. The minimum atomic E-state index is -1.22. The van der Waals surface area contributed by atoms with E-state index in [0.29, 0.717) is 6.54 Å². The van der Waals surface area contributed by atoms with Crippen LogP contribution in [-0.4, -0.2) is 23.5 Å². The molecule has 1 aliphatic carbocycles. The fourth-order valence-corrected chi connectivity index (χ4v) is 3.23. The second kappa shape index (κ2) is 6.07. The Morgan fingerprint density at radius 2 is 1.79 bits per heavy atom. The van der Waals surface area contributed by atoms with E-state index in [1.165, 1.54) is 23.3 Å². The summed E-state index contributed by atoms with van der Waals surface area (Å²) in [5.41, 5.74) is 2.15. The number of hydrogen-bond donors (Lipinski definition) is 2. The molecule has 2 N–H and O–H groups in total. The second-order valence-electron chi connectivity index (χ2n) is 6.62. The third-order valence-electron chi connectivity index (χ3n) is 4.49. The van der Waals surface area contributed by atoms with Crippen molar-refractivity contribution in [3.05, 3.63) is 70.5 Å². The predicted octanol–water partition coefficient (Wildman–Crippen LogP) is 3.06. The van der Waals surface area contributed by atoms with Crippen LogP contribution in [0.3, 0.4) is 0 Å². The monoisotopic (exact) mass is 327 g/mol. The van der Waals surface area contributed by atoms with Gasteiger partial charge < -0.3 is 10.4 Å². The summed E-state index contributed by atoms with van der Waals surface area (Å²) >= 11 is 0. The molecule has 1 aliphatic rings. The van der Waals surface area contributed by atoms with E-state index in [1.807, 2.05) is 12.1 Å². The van der Waals surface area contributed by atoms with E-state index in [4.69, 9.17) is 5.11 Å². The van der Waals surface area contributed by atoms with Crippen molar-refractivity contribution >= 4 is 11.9 Å². The number of fused-ring (bicyclic) bond motifs is 1. The van der Waals surface area contributed by atoms with Crippen LogP contribution in [0.5, 0.6) is 0 Å². The minimum Gasteiger partial charge on any atom is -0.478 e. The van der Waals surface area contributed by atoms with Crippen LogP contribution in [0, 0.1) is 11.2 Å². The number of nitrogens with one attached hydrogen (secondary N) is 1. The maximum atomic E-state index is 13.9. The van der Waals surface area contributed by atoms with Gasteiger partial charge >= 0.3 is 5.97 Å². The fourth-order valence-electron chi connectivity index (χ4n) is 3.23. The molecule has 0 unspecified atom stereocenters. The van der Waals surface area contributed by atoms with Crippen LogP contribution in [0.1, 0.15) is 38.8 Å². The van der Waals surface area contributed by atoms with Gasteiger partial charge in [0.15, 0.2) is 0 Å². The van der Waals surface area contributed by atoms with E-state index in [9.17, 15) is 14.0 Å². The zero-order chi connectivity index (χ0) is 17.3. The Kier molecular flexibility index (Phi) is 4.09. The van der Waals surface area contributed by atoms with Crippen molar-refractivity contribution in [3.63, 3.8) is 0 Å². The molecule has 0 bridgehead atoms. The van der Waals surface area contributed by atoms with Crippen LogP contribution < -0.4 is 5.32 Å². The third kappa shape index (κ3) is 3.15. The molecule has 0 fully saturated rings. The standard InChI is InChI=1S/C19H18FNO3/c1-19(9-13-4-2-3-5-14(13)10-19)11-21-17(22)15-7-6-12(18(23)24)8-16(15)20/h2-8H,9-11H2,1H3,(H,21,22)(H,23,24). The summed E-state index contributed by atoms with van der Waals surface area (Å²) in [6.07, 6.45) is 1.73. The van der Waals surface area contributed by atoms with Crippen molar-refractivity contribution in [2.75, 3.05) is 6.54 Å². The highest BCUT2D eigenvalue weighted by Crippen LogP contribution is 2.36. The van der Waals surface area contributed by atoms with Gasteiger partial charge in [0.05, 0.1) is 11.1 Å². The van der Waals surface area contributed by atoms with Crippen LogP contribution >= 0.6 is 0 Å². The van der Waals surface area contributed by atoms with E-state index in [1.54, 1.807) is 0 Å². The van der Waals surface area contributed by atoms with Gasteiger partial charge in [-0.15, -0.1) is 0 Å². The number of rotatable bonds is 4. The molecule has 0 spiro atoms. The Labute approximate surface area is 139 Å². The largest absolute Gasteiger partial charge is 0.478 e. The molecule has 5 heteroatoms. The molecule has 0 atom stereocenters. The molecule has 1 amide bonds. The zero-order valence-electron chi connectivity index (χ0n) is 13.3. The number of carboxylic acids is 1. The molecule has 0 aliphatic heterocycles. The number of hydrogen-bond acceptors (Lipinski definition) is 2. The number of aromatic carboxylic acids is 1. The molecule has 0 saturated carbocycles. The lowest BCUT2D eigenvalue weighted by Gasteiger charge is -2.24. The molecule has 24 heavy (non-hydrogen) atoms. The van der Waals surface area contributed by atoms with E-state index in [2.05, 4.69) is 24.4 Å². The molecule has 4 nitrogen and oxygen atoms in total. The quantitative estimate of drug-likeness (QED) is 0.907. The smallest absolute Gasteiger partial charge is 0.335 e. The maximum absolute atomic E-state index is 13.9. The van der Waals surface area contributed by atoms with Gasteiger partial charge in [-0.1, -0.05) is 31.2 Å². The van der Waals surface area contributed by atoms with Gasteiger partial charge in [0.2, 0.25) is 0 Å². The summed E-state index contributed by atoms with van der Waals surface area (Å²) in [5.74, 6) is -2.58. The van der Waals surface area contributed by atoms with Crippen LogP contribution in [0.4, 0.5) is 4.39 Å². The van der Waals surface area contributed by atoms with Gasteiger partial charge in [-0.3, -0.25) is 4.79 Å². The summed E-state index contributed by atoms with van der Waals surface area (Å²) in [5, 5.41) is 11.6. The number of halogens is 1. The highest BCUT2D eigenvalue weighted by atomic mass is 19.1. The second-order valence-corrected chi connectivity index (χ2v) is 6.62. The minimum absolute atomic E-state index is 0.100. The zero-order valence-corrected chi connectivity index (χ0v) is 13.3. The Morgan fingerprint density at radius 3 is 2.33 bits per heavy atom. The average Bonchev–Trinajstić information content (AvgIpc) is 2.89. The lowest BCUT2D eigenvalue weighted by molar-refractivity contribution is 0.0695. The molecule has 3 rings (SSSR count). The number of carbonyl (C=O) groups excluding carboxylic acids is 1. The van der Waals surface area contributed by atoms with Crippen molar-refractivity contribution in [1.82, 2.24) is 5.32 Å². The first-order valence-electron chi connectivity index (χ1n) is 7.76. The Balaban J connectivity index is 1.67. The van der Waals surface area contributed by atoms with E-state index in [-0.39, 0.29) is 16.5 Å².